The van der Waals surface area contributed by atoms with E-state index < -0.39 is 23.9 Å². The minimum absolute atomic E-state index is 0.261. The van der Waals surface area contributed by atoms with Gasteiger partial charge in [0.1, 0.15) is 6.04 Å². The molecule has 3 amide bonds. The van der Waals surface area contributed by atoms with Crippen LogP contribution in [0.25, 0.3) is 0 Å². The average molecular weight is 387 g/mol. The van der Waals surface area contributed by atoms with E-state index in [1.807, 2.05) is 48.7 Å². The van der Waals surface area contributed by atoms with Crippen LogP contribution in [0.4, 0.5) is 9.80 Å². The molecule has 3 N–H and O–H groups in total. The van der Waals surface area contributed by atoms with Crippen LogP contribution in [0.5, 0.6) is 0 Å². The fourth-order valence-corrected chi connectivity index (χ4v) is 4.11. The maximum atomic E-state index is 12.7. The van der Waals surface area contributed by atoms with E-state index in [1.165, 1.54) is 16.2 Å². The molecule has 1 saturated heterocycles. The average Bonchev–Trinajstić information content (AvgIpc) is 3.27. The van der Waals surface area contributed by atoms with Gasteiger partial charge in [-0.15, -0.1) is 11.3 Å². The summed E-state index contributed by atoms with van der Waals surface area (Å²) in [5.74, 6) is -1.44. The lowest BCUT2D eigenvalue weighted by Gasteiger charge is -2.28. The van der Waals surface area contributed by atoms with Gasteiger partial charge in [0.25, 0.3) is 0 Å². The number of carboxylic acid groups (broad SMARTS) is 1. The summed E-state index contributed by atoms with van der Waals surface area (Å²) in [6.45, 7) is 1.62. The fraction of sp³-hybridized carbons (Fsp3) is 0.316. The van der Waals surface area contributed by atoms with Crippen LogP contribution in [-0.2, 0) is 9.59 Å². The lowest BCUT2D eigenvalue weighted by Crippen LogP contribution is -2.47. The molecule has 142 valence electrons. The Morgan fingerprint density at radius 2 is 1.93 bits per heavy atom. The molecule has 1 unspecified atom stereocenters. The van der Waals surface area contributed by atoms with Crippen molar-refractivity contribution in [3.8, 4) is 0 Å². The van der Waals surface area contributed by atoms with Gasteiger partial charge in [-0.2, -0.15) is 0 Å². The monoisotopic (exact) mass is 387 g/mol. The summed E-state index contributed by atoms with van der Waals surface area (Å²) in [6.07, 6.45) is 0.967. The minimum atomic E-state index is -1.03. The van der Waals surface area contributed by atoms with E-state index in [0.29, 0.717) is 17.8 Å². The summed E-state index contributed by atoms with van der Waals surface area (Å²) in [5, 5.41) is 17.3. The number of hydrogen-bond donors (Lipinski definition) is 3. The van der Waals surface area contributed by atoms with Gasteiger partial charge in [0.05, 0.1) is 17.6 Å². The molecule has 3 rings (SSSR count). The molecule has 0 radical (unpaired) electrons. The van der Waals surface area contributed by atoms with Gasteiger partial charge < -0.3 is 15.3 Å². The van der Waals surface area contributed by atoms with E-state index >= 15 is 0 Å². The number of amides is 3. The lowest BCUT2D eigenvalue weighted by atomic mass is 10.0. The van der Waals surface area contributed by atoms with Gasteiger partial charge in [0.2, 0.25) is 5.91 Å². The Kier molecular flexibility index (Phi) is 5.75. The number of aliphatic carboxylic acids is 1. The number of thiophene rings is 1. The van der Waals surface area contributed by atoms with Crippen LogP contribution < -0.4 is 10.6 Å². The van der Waals surface area contributed by atoms with Gasteiger partial charge in [-0.05, 0) is 42.3 Å². The number of aryl methyl sites for hydroxylation is 1. The Morgan fingerprint density at radius 1 is 1.19 bits per heavy atom. The van der Waals surface area contributed by atoms with Gasteiger partial charge in [-0.1, -0.05) is 30.3 Å². The van der Waals surface area contributed by atoms with Crippen molar-refractivity contribution in [2.75, 3.05) is 11.9 Å². The number of anilines is 1. The molecular weight excluding hydrogens is 366 g/mol. The van der Waals surface area contributed by atoms with Crippen molar-refractivity contribution in [3.63, 3.8) is 0 Å². The Balaban J connectivity index is 1.67. The lowest BCUT2D eigenvalue weighted by molar-refractivity contribution is -0.149. The second-order valence-corrected chi connectivity index (χ2v) is 7.32. The normalized spacial score (nSPS) is 18.9. The second kappa shape index (κ2) is 8.22. The molecule has 8 heteroatoms. The highest BCUT2D eigenvalue weighted by Crippen LogP contribution is 2.36. The van der Waals surface area contributed by atoms with Crippen LogP contribution in [0, 0.1) is 6.92 Å². The smallest absolute Gasteiger partial charge is 0.326 e. The van der Waals surface area contributed by atoms with Gasteiger partial charge in [0, 0.05) is 0 Å². The molecule has 1 aromatic carbocycles. The van der Waals surface area contributed by atoms with Gasteiger partial charge in [0.15, 0.2) is 0 Å². The van der Waals surface area contributed by atoms with Gasteiger partial charge in [-0.25, -0.2) is 9.59 Å². The topological polar surface area (TPSA) is 98.7 Å². The molecule has 1 aromatic heterocycles. The molecule has 0 aliphatic carbocycles. The summed E-state index contributed by atoms with van der Waals surface area (Å²) < 4.78 is 0. The molecule has 0 saturated carbocycles. The third kappa shape index (κ3) is 4.28. The molecule has 7 nitrogen and oxygen atoms in total. The zero-order chi connectivity index (χ0) is 19.4. The number of rotatable bonds is 5. The number of benzene rings is 1. The van der Waals surface area contributed by atoms with E-state index in [0.717, 1.165) is 11.1 Å². The van der Waals surface area contributed by atoms with E-state index in [1.54, 1.807) is 0 Å². The number of urea groups is 1. The Hall–Kier alpha value is -2.87. The minimum Gasteiger partial charge on any atom is -0.480 e. The van der Waals surface area contributed by atoms with Crippen molar-refractivity contribution in [2.24, 2.45) is 0 Å². The van der Waals surface area contributed by atoms with Crippen LogP contribution in [0.3, 0.4) is 0 Å². The third-order valence-electron chi connectivity index (χ3n) is 4.63. The standard InChI is InChI=1S/C19H21N3O4S/c1-12-9-10-27-17(12)21-19(26)20-11-16(23)22-14(7-8-15(22)18(24)25)13-5-3-2-4-6-13/h2-6,9-10,14-15H,7-8,11H2,1H3,(H,24,25)(H2,20,21,26)/t14?,15-/m0/s1. The van der Waals surface area contributed by atoms with Crippen molar-refractivity contribution < 1.29 is 19.5 Å². The highest BCUT2D eigenvalue weighted by atomic mass is 32.1. The van der Waals surface area contributed by atoms with E-state index in [-0.39, 0.29) is 12.6 Å². The van der Waals surface area contributed by atoms with Crippen LogP contribution in [0.1, 0.15) is 30.0 Å². The van der Waals surface area contributed by atoms with Crippen molar-refractivity contribution in [1.29, 1.82) is 0 Å². The molecule has 2 heterocycles. The molecule has 2 aromatic rings. The van der Waals surface area contributed by atoms with E-state index in [9.17, 15) is 19.5 Å². The summed E-state index contributed by atoms with van der Waals surface area (Å²) in [5.41, 5.74) is 1.84. The second-order valence-electron chi connectivity index (χ2n) is 6.40. The highest BCUT2D eigenvalue weighted by molar-refractivity contribution is 7.14. The van der Waals surface area contributed by atoms with Gasteiger partial charge in [-0.3, -0.25) is 10.1 Å². The van der Waals surface area contributed by atoms with E-state index in [4.69, 9.17) is 0 Å². The van der Waals surface area contributed by atoms with Crippen LogP contribution in [-0.4, -0.2) is 40.5 Å². The predicted octanol–water partition coefficient (Wildman–Crippen LogP) is 2.99. The molecule has 1 fully saturated rings. The number of nitrogens with one attached hydrogen (secondary N) is 2. The SMILES string of the molecule is Cc1ccsc1NC(=O)NCC(=O)N1C(c2ccccc2)CC[C@H]1C(=O)O. The molecule has 0 bridgehead atoms. The number of hydrogen-bond acceptors (Lipinski definition) is 4. The summed E-state index contributed by atoms with van der Waals surface area (Å²) in [6, 6.07) is 9.58. The fourth-order valence-electron chi connectivity index (χ4n) is 3.30. The van der Waals surface area contributed by atoms with Crippen LogP contribution in [0.15, 0.2) is 41.8 Å². The summed E-state index contributed by atoms with van der Waals surface area (Å²) >= 11 is 1.39. The summed E-state index contributed by atoms with van der Waals surface area (Å²) in [7, 11) is 0. The molecule has 27 heavy (non-hydrogen) atoms. The molecule has 2 atom stereocenters. The first-order valence-electron chi connectivity index (χ1n) is 8.65. The third-order valence-corrected chi connectivity index (χ3v) is 5.56. The van der Waals surface area contributed by atoms with Gasteiger partial charge >= 0.3 is 12.0 Å². The summed E-state index contributed by atoms with van der Waals surface area (Å²) in [4.78, 5) is 37.8. The quantitative estimate of drug-likeness (QED) is 0.734. The first-order valence-corrected chi connectivity index (χ1v) is 9.53. The molecule has 1 aliphatic rings. The Bertz CT molecular complexity index is 836. The van der Waals surface area contributed by atoms with Crippen molar-refractivity contribution >= 4 is 34.2 Å². The Labute approximate surface area is 161 Å². The van der Waals surface area contributed by atoms with Crippen molar-refractivity contribution in [3.05, 3.63) is 52.9 Å². The largest absolute Gasteiger partial charge is 0.480 e. The number of nitrogens with zero attached hydrogens (tertiary/aromatic N) is 1. The number of likely N-dealkylation sites (tertiary alicyclic amines) is 1. The maximum absolute atomic E-state index is 12.7. The Morgan fingerprint density at radius 3 is 2.56 bits per heavy atom. The maximum Gasteiger partial charge on any atom is 0.326 e. The van der Waals surface area contributed by atoms with Crippen molar-refractivity contribution in [2.45, 2.75) is 31.8 Å². The molecule has 0 spiro atoms. The van der Waals surface area contributed by atoms with E-state index in [2.05, 4.69) is 10.6 Å². The number of carboxylic acids is 1. The number of carbonyl (C=O) groups excluding carboxylic acids is 2. The van der Waals surface area contributed by atoms with Crippen molar-refractivity contribution in [1.82, 2.24) is 10.2 Å². The first kappa shape index (κ1) is 18.9. The molecule has 1 aliphatic heterocycles. The number of carbonyl (C=O) groups is 3. The highest BCUT2D eigenvalue weighted by Gasteiger charge is 2.41. The van der Waals surface area contributed by atoms with Crippen LogP contribution >= 0.6 is 11.3 Å². The predicted molar refractivity (Wildman–Crippen MR) is 103 cm³/mol. The van der Waals surface area contributed by atoms with Crippen LogP contribution in [0.2, 0.25) is 0 Å². The zero-order valence-corrected chi connectivity index (χ0v) is 15.7. The molecular formula is C19H21N3O4S. The zero-order valence-electron chi connectivity index (χ0n) is 14.8. The first-order chi connectivity index (χ1) is 13.0.